The van der Waals surface area contributed by atoms with Gasteiger partial charge in [-0.2, -0.15) is 13.2 Å². The number of amides is 1. The number of hydrogen-bond donors (Lipinski definition) is 1. The van der Waals surface area contributed by atoms with Gasteiger partial charge >= 0.3 is 6.18 Å². The molecule has 0 saturated carbocycles. The average Bonchev–Trinajstić information content (AvgIpc) is 3.37. The number of pyridine rings is 1. The highest BCUT2D eigenvalue weighted by atomic mass is 19.4. The van der Waals surface area contributed by atoms with Crippen LogP contribution in [0.2, 0.25) is 0 Å². The first kappa shape index (κ1) is 21.4. The first-order chi connectivity index (χ1) is 14.7. The van der Waals surface area contributed by atoms with Crippen molar-refractivity contribution in [1.29, 1.82) is 0 Å². The third kappa shape index (κ3) is 4.76. The quantitative estimate of drug-likeness (QED) is 0.604. The molecule has 1 atom stereocenters. The molecule has 1 aliphatic rings. The zero-order valence-electron chi connectivity index (χ0n) is 17.3. The van der Waals surface area contributed by atoms with Gasteiger partial charge in [0.2, 0.25) is 0 Å². The van der Waals surface area contributed by atoms with Crippen LogP contribution in [0.5, 0.6) is 0 Å². The van der Waals surface area contributed by atoms with E-state index in [1.807, 2.05) is 13.8 Å². The Morgan fingerprint density at radius 2 is 2.13 bits per heavy atom. The number of carbonyl (C=O) groups excluding carboxylic acids is 1. The number of aromatic amines is 1. The molecule has 9 heteroatoms. The minimum absolute atomic E-state index is 0.0139. The van der Waals surface area contributed by atoms with Crippen molar-refractivity contribution < 1.29 is 27.1 Å². The summed E-state index contributed by atoms with van der Waals surface area (Å²) in [6, 6.07) is 7.40. The standard InChI is InChI=1S/C22H24F3N3O3/c1-13(2)30-12-15-5-7-19(31-15)21(29)28-9-3-4-14(11-28)17-10-18-16(26-17)6-8-20(27-18)22(23,24)25/h5-8,10,13-14,26H,3-4,9,11-12H2,1-2H3/t14-/m0/s1. The van der Waals surface area contributed by atoms with Crippen molar-refractivity contribution in [2.24, 2.45) is 0 Å². The number of H-pyrrole nitrogens is 1. The van der Waals surface area contributed by atoms with Crippen molar-refractivity contribution in [2.45, 2.75) is 51.5 Å². The number of rotatable bonds is 5. The number of nitrogens with one attached hydrogen (secondary N) is 1. The van der Waals surface area contributed by atoms with Gasteiger partial charge in [0, 0.05) is 24.7 Å². The lowest BCUT2D eigenvalue weighted by Crippen LogP contribution is -2.39. The van der Waals surface area contributed by atoms with E-state index in [1.165, 1.54) is 6.07 Å². The highest BCUT2D eigenvalue weighted by Gasteiger charge is 2.33. The highest BCUT2D eigenvalue weighted by molar-refractivity contribution is 5.91. The van der Waals surface area contributed by atoms with Gasteiger partial charge in [0.1, 0.15) is 18.1 Å². The lowest BCUT2D eigenvalue weighted by atomic mass is 9.94. The van der Waals surface area contributed by atoms with Crippen LogP contribution >= 0.6 is 0 Å². The van der Waals surface area contributed by atoms with E-state index < -0.39 is 11.9 Å². The summed E-state index contributed by atoms with van der Waals surface area (Å²) in [5, 5.41) is 0. The summed E-state index contributed by atoms with van der Waals surface area (Å²) >= 11 is 0. The number of hydrogen-bond acceptors (Lipinski definition) is 4. The molecule has 31 heavy (non-hydrogen) atoms. The summed E-state index contributed by atoms with van der Waals surface area (Å²) in [5.41, 5.74) is 0.687. The smallest absolute Gasteiger partial charge is 0.433 e. The van der Waals surface area contributed by atoms with Gasteiger partial charge in [-0.15, -0.1) is 0 Å². The molecule has 0 radical (unpaired) electrons. The number of ether oxygens (including phenoxy) is 1. The maximum Gasteiger partial charge on any atom is 0.433 e. The van der Waals surface area contributed by atoms with Crippen LogP contribution in [0.25, 0.3) is 11.0 Å². The summed E-state index contributed by atoms with van der Waals surface area (Å²) in [6.45, 7) is 5.20. The molecule has 1 saturated heterocycles. The van der Waals surface area contributed by atoms with E-state index in [0.29, 0.717) is 31.0 Å². The van der Waals surface area contributed by atoms with Gasteiger partial charge < -0.3 is 19.0 Å². The number of piperidine rings is 1. The molecule has 1 N–H and O–H groups in total. The van der Waals surface area contributed by atoms with E-state index in [4.69, 9.17) is 9.15 Å². The Bertz CT molecular complexity index is 1070. The molecule has 6 nitrogen and oxygen atoms in total. The van der Waals surface area contributed by atoms with Gasteiger partial charge in [-0.1, -0.05) is 0 Å². The second-order valence-corrected chi connectivity index (χ2v) is 8.07. The number of alkyl halides is 3. The van der Waals surface area contributed by atoms with Gasteiger partial charge in [0.25, 0.3) is 5.91 Å². The van der Waals surface area contributed by atoms with E-state index >= 15 is 0 Å². The predicted molar refractivity (Wildman–Crippen MR) is 108 cm³/mol. The number of likely N-dealkylation sites (tertiary alicyclic amines) is 1. The van der Waals surface area contributed by atoms with Crippen LogP contribution in [0.4, 0.5) is 13.2 Å². The first-order valence-electron chi connectivity index (χ1n) is 10.3. The van der Waals surface area contributed by atoms with E-state index in [0.717, 1.165) is 24.6 Å². The highest BCUT2D eigenvalue weighted by Crippen LogP contribution is 2.32. The molecule has 0 aliphatic carbocycles. The molecule has 0 bridgehead atoms. The fraction of sp³-hybridized carbons (Fsp3) is 0.455. The second-order valence-electron chi connectivity index (χ2n) is 8.07. The molecular weight excluding hydrogens is 411 g/mol. The maximum absolute atomic E-state index is 12.9. The lowest BCUT2D eigenvalue weighted by Gasteiger charge is -2.31. The largest absolute Gasteiger partial charge is 0.453 e. The third-order valence-electron chi connectivity index (χ3n) is 5.37. The molecule has 0 spiro atoms. The molecule has 1 aliphatic heterocycles. The third-order valence-corrected chi connectivity index (χ3v) is 5.37. The summed E-state index contributed by atoms with van der Waals surface area (Å²) < 4.78 is 49.9. The molecule has 3 aromatic heterocycles. The average molecular weight is 435 g/mol. The van der Waals surface area contributed by atoms with Crippen LogP contribution in [0.1, 0.15) is 60.3 Å². The lowest BCUT2D eigenvalue weighted by molar-refractivity contribution is -0.140. The van der Waals surface area contributed by atoms with Crippen molar-refractivity contribution in [3.05, 3.63) is 53.2 Å². The number of halogens is 3. The molecule has 4 heterocycles. The minimum atomic E-state index is -4.48. The summed E-state index contributed by atoms with van der Waals surface area (Å²) in [7, 11) is 0. The fourth-order valence-corrected chi connectivity index (χ4v) is 3.80. The SMILES string of the molecule is CC(C)OCc1ccc(C(=O)N2CCC[C@H](c3cc4nc(C(F)(F)F)ccc4[nH]3)C2)o1. The zero-order chi connectivity index (χ0) is 22.2. The van der Waals surface area contributed by atoms with Crippen LogP contribution in [0, 0.1) is 0 Å². The van der Waals surface area contributed by atoms with Crippen molar-refractivity contribution in [3.8, 4) is 0 Å². The Hall–Kier alpha value is -2.81. The molecule has 0 unspecified atom stereocenters. The Labute approximate surface area is 177 Å². The Balaban J connectivity index is 1.47. The molecule has 0 aromatic carbocycles. The van der Waals surface area contributed by atoms with Gasteiger partial charge in [0.15, 0.2) is 5.76 Å². The molecule has 4 rings (SSSR count). The monoisotopic (exact) mass is 435 g/mol. The summed E-state index contributed by atoms with van der Waals surface area (Å²) in [4.78, 5) is 21.5. The summed E-state index contributed by atoms with van der Waals surface area (Å²) in [5.74, 6) is 0.637. The van der Waals surface area contributed by atoms with Gasteiger partial charge in [-0.3, -0.25) is 4.79 Å². The number of carbonyl (C=O) groups is 1. The Morgan fingerprint density at radius 1 is 1.32 bits per heavy atom. The number of fused-ring (bicyclic) bond motifs is 1. The van der Waals surface area contributed by atoms with E-state index in [9.17, 15) is 18.0 Å². The van der Waals surface area contributed by atoms with Crippen LogP contribution in [-0.4, -0.2) is 40.0 Å². The van der Waals surface area contributed by atoms with Crippen LogP contribution in [0.15, 0.2) is 34.7 Å². The van der Waals surface area contributed by atoms with Gasteiger partial charge in [0.05, 0.1) is 17.1 Å². The van der Waals surface area contributed by atoms with Gasteiger partial charge in [-0.05, 0) is 57.0 Å². The van der Waals surface area contributed by atoms with Crippen LogP contribution in [-0.2, 0) is 17.5 Å². The molecule has 3 aromatic rings. The zero-order valence-corrected chi connectivity index (χ0v) is 17.3. The molecule has 1 fully saturated rings. The van der Waals surface area contributed by atoms with Crippen molar-refractivity contribution in [3.63, 3.8) is 0 Å². The van der Waals surface area contributed by atoms with Crippen LogP contribution < -0.4 is 0 Å². The number of aromatic nitrogens is 2. The molecular formula is C22H24F3N3O3. The first-order valence-corrected chi connectivity index (χ1v) is 10.3. The topological polar surface area (TPSA) is 71.4 Å². The van der Waals surface area contributed by atoms with E-state index in [1.54, 1.807) is 23.1 Å². The van der Waals surface area contributed by atoms with E-state index in [-0.39, 0.29) is 29.2 Å². The minimum Gasteiger partial charge on any atom is -0.453 e. The predicted octanol–water partition coefficient (Wildman–Crippen LogP) is 5.12. The normalized spacial score (nSPS) is 17.6. The van der Waals surface area contributed by atoms with Crippen LogP contribution in [0.3, 0.4) is 0 Å². The molecule has 166 valence electrons. The second kappa shape index (κ2) is 8.37. The summed E-state index contributed by atoms with van der Waals surface area (Å²) in [6.07, 6.45) is -2.81. The van der Waals surface area contributed by atoms with Crippen molar-refractivity contribution in [2.75, 3.05) is 13.1 Å². The van der Waals surface area contributed by atoms with Gasteiger partial charge in [-0.25, -0.2) is 4.98 Å². The van der Waals surface area contributed by atoms with Crippen molar-refractivity contribution >= 4 is 16.9 Å². The van der Waals surface area contributed by atoms with Crippen molar-refractivity contribution in [1.82, 2.24) is 14.9 Å². The fourth-order valence-electron chi connectivity index (χ4n) is 3.80. The maximum atomic E-state index is 12.9. The number of furan rings is 1. The Kier molecular flexibility index (Phi) is 5.79. The number of nitrogens with zero attached hydrogens (tertiary/aromatic N) is 2. The Morgan fingerprint density at radius 3 is 2.87 bits per heavy atom. The van der Waals surface area contributed by atoms with E-state index in [2.05, 4.69) is 9.97 Å². The molecule has 1 amide bonds.